The van der Waals surface area contributed by atoms with Crippen molar-refractivity contribution in [3.63, 3.8) is 0 Å². The topological polar surface area (TPSA) is 70.3 Å². The summed E-state index contributed by atoms with van der Waals surface area (Å²) in [7, 11) is 0. The molecule has 0 heterocycles. The van der Waals surface area contributed by atoms with E-state index in [1.54, 1.807) is 0 Å². The molecule has 1 N–H and O–H groups in total. The van der Waals surface area contributed by atoms with E-state index >= 15 is 0 Å². The zero-order chi connectivity index (χ0) is 16.2. The van der Waals surface area contributed by atoms with E-state index in [1.165, 1.54) is 6.07 Å². The summed E-state index contributed by atoms with van der Waals surface area (Å²) in [5.41, 5.74) is -5.78. The molecule has 1 aromatic carbocycles. The number of hydrogen-bond acceptors (Lipinski definition) is 4. The number of hydrogen-bond donors (Lipinski definition) is 1. The molecule has 10 heteroatoms. The summed E-state index contributed by atoms with van der Waals surface area (Å²) in [5, 5.41) is 17.4. The maximum absolute atomic E-state index is 12.5. The van der Waals surface area contributed by atoms with E-state index in [2.05, 4.69) is 4.74 Å². The minimum Gasteiger partial charge on any atom is -0.481 e. The summed E-state index contributed by atoms with van der Waals surface area (Å²) in [4.78, 5) is 9.77. The molecule has 0 aliphatic carbocycles. The van der Waals surface area contributed by atoms with Crippen LogP contribution >= 0.6 is 11.8 Å². The number of carboxylic acid groups (broad SMARTS) is 1. The first-order chi connectivity index (χ1) is 9.64. The molecule has 4 nitrogen and oxygen atoms in total. The Bertz CT molecular complexity index is 582. The molecular formula is C11H6F5NO3S. The molecule has 0 atom stereocenters. The molecule has 0 aromatic heterocycles. The number of thioether (sulfide) groups is 1. The predicted octanol–water partition coefficient (Wildman–Crippen LogP) is 3.40. The van der Waals surface area contributed by atoms with Gasteiger partial charge in [0.15, 0.2) is 5.75 Å². The van der Waals surface area contributed by atoms with Gasteiger partial charge in [-0.15, -0.1) is 0 Å². The average Bonchev–Trinajstić information content (AvgIpc) is 2.30. The Morgan fingerprint density at radius 1 is 1.43 bits per heavy atom. The van der Waals surface area contributed by atoms with Crippen LogP contribution in [0.3, 0.4) is 0 Å². The second-order valence-electron chi connectivity index (χ2n) is 3.54. The SMILES string of the molecule is N#Cc1ccc(CC(=O)O)c(SC(F)(F)F)c1OC(F)F. The molecule has 114 valence electrons. The Balaban J connectivity index is 3.46. The summed E-state index contributed by atoms with van der Waals surface area (Å²) in [6.45, 7) is -3.45. The van der Waals surface area contributed by atoms with Crippen LogP contribution in [0.15, 0.2) is 17.0 Å². The van der Waals surface area contributed by atoms with Crippen LogP contribution in [0.25, 0.3) is 0 Å². The number of alkyl halides is 5. The van der Waals surface area contributed by atoms with Crippen molar-refractivity contribution in [2.24, 2.45) is 0 Å². The third-order valence-corrected chi connectivity index (χ3v) is 2.96. The van der Waals surface area contributed by atoms with Crippen molar-refractivity contribution in [3.05, 3.63) is 23.3 Å². The Kier molecular flexibility index (Phi) is 5.37. The first-order valence-electron chi connectivity index (χ1n) is 5.12. The second-order valence-corrected chi connectivity index (χ2v) is 4.61. The minimum atomic E-state index is -4.86. The zero-order valence-corrected chi connectivity index (χ0v) is 10.8. The smallest absolute Gasteiger partial charge is 0.446 e. The predicted molar refractivity (Wildman–Crippen MR) is 61.0 cm³/mol. The van der Waals surface area contributed by atoms with E-state index < -0.39 is 52.5 Å². The summed E-state index contributed by atoms with van der Waals surface area (Å²) in [6, 6.07) is 3.31. The van der Waals surface area contributed by atoms with Gasteiger partial charge in [-0.05, 0) is 23.4 Å². The van der Waals surface area contributed by atoms with Crippen molar-refractivity contribution in [1.82, 2.24) is 0 Å². The van der Waals surface area contributed by atoms with E-state index in [0.717, 1.165) is 12.1 Å². The number of rotatable bonds is 5. The third kappa shape index (κ3) is 5.11. The highest BCUT2D eigenvalue weighted by Crippen LogP contribution is 2.45. The summed E-state index contributed by atoms with van der Waals surface area (Å²) >= 11 is -0.805. The standard InChI is InChI=1S/C11H6F5NO3S/c12-10(13)20-8-6(4-17)2-1-5(3-7(18)19)9(8)21-11(14,15)16/h1-2,10H,3H2,(H,18,19). The molecule has 1 aromatic rings. The number of nitriles is 1. The summed E-state index contributed by atoms with van der Waals surface area (Å²) in [5.74, 6) is -2.43. The van der Waals surface area contributed by atoms with E-state index in [4.69, 9.17) is 10.4 Å². The van der Waals surface area contributed by atoms with Crippen molar-refractivity contribution < 1.29 is 36.6 Å². The highest BCUT2D eigenvalue weighted by molar-refractivity contribution is 8.00. The van der Waals surface area contributed by atoms with Gasteiger partial charge in [0, 0.05) is 0 Å². The lowest BCUT2D eigenvalue weighted by Gasteiger charge is -2.16. The van der Waals surface area contributed by atoms with Gasteiger partial charge >= 0.3 is 18.1 Å². The fraction of sp³-hybridized carbons (Fsp3) is 0.273. The number of nitrogens with zero attached hydrogens (tertiary/aromatic N) is 1. The van der Waals surface area contributed by atoms with Crippen LogP contribution in [0.1, 0.15) is 11.1 Å². The highest BCUT2D eigenvalue weighted by atomic mass is 32.2. The Hall–Kier alpha value is -2.02. The average molecular weight is 327 g/mol. The molecule has 0 bridgehead atoms. The van der Waals surface area contributed by atoms with Crippen molar-refractivity contribution >= 4 is 17.7 Å². The number of aliphatic carboxylic acids is 1. The Morgan fingerprint density at radius 2 is 2.05 bits per heavy atom. The monoisotopic (exact) mass is 327 g/mol. The van der Waals surface area contributed by atoms with Crippen LogP contribution in [0.5, 0.6) is 5.75 Å². The second kappa shape index (κ2) is 6.62. The van der Waals surface area contributed by atoms with E-state index in [0.29, 0.717) is 0 Å². The van der Waals surface area contributed by atoms with Crippen molar-refractivity contribution in [2.75, 3.05) is 0 Å². The summed E-state index contributed by atoms with van der Waals surface area (Å²) in [6.07, 6.45) is -0.830. The van der Waals surface area contributed by atoms with Gasteiger partial charge in [-0.2, -0.15) is 27.2 Å². The van der Waals surface area contributed by atoms with Gasteiger partial charge in [-0.25, -0.2) is 0 Å². The van der Waals surface area contributed by atoms with Gasteiger partial charge in [0.1, 0.15) is 6.07 Å². The minimum absolute atomic E-state index is 0.375. The molecule has 0 saturated carbocycles. The molecule has 0 unspecified atom stereocenters. The van der Waals surface area contributed by atoms with Crippen LogP contribution < -0.4 is 4.74 Å². The Labute approximate surface area is 119 Å². The third-order valence-electron chi connectivity index (χ3n) is 2.08. The zero-order valence-electron chi connectivity index (χ0n) is 9.95. The molecule has 0 fully saturated rings. The highest BCUT2D eigenvalue weighted by Gasteiger charge is 2.34. The van der Waals surface area contributed by atoms with Gasteiger partial charge in [0.2, 0.25) is 0 Å². The first kappa shape index (κ1) is 17.0. The van der Waals surface area contributed by atoms with E-state index in [1.807, 2.05) is 0 Å². The molecule has 0 spiro atoms. The molecular weight excluding hydrogens is 321 g/mol. The number of ether oxygens (including phenoxy) is 1. The number of halogens is 5. The number of carboxylic acids is 1. The maximum Gasteiger partial charge on any atom is 0.446 e. The fourth-order valence-corrected chi connectivity index (χ4v) is 2.18. The van der Waals surface area contributed by atoms with Crippen molar-refractivity contribution in [1.29, 1.82) is 5.26 Å². The van der Waals surface area contributed by atoms with E-state index in [-0.39, 0.29) is 5.56 Å². The summed E-state index contributed by atoms with van der Waals surface area (Å²) < 4.78 is 66.1. The lowest BCUT2D eigenvalue weighted by atomic mass is 10.1. The van der Waals surface area contributed by atoms with Crippen molar-refractivity contribution in [3.8, 4) is 11.8 Å². The lowest BCUT2D eigenvalue weighted by Crippen LogP contribution is -2.10. The quantitative estimate of drug-likeness (QED) is 0.663. The van der Waals surface area contributed by atoms with Gasteiger partial charge in [0.25, 0.3) is 0 Å². The molecule has 0 radical (unpaired) electrons. The molecule has 0 amide bonds. The first-order valence-corrected chi connectivity index (χ1v) is 5.94. The van der Waals surface area contributed by atoms with Gasteiger partial charge in [-0.3, -0.25) is 4.79 Å². The lowest BCUT2D eigenvalue weighted by molar-refractivity contribution is -0.136. The molecule has 0 aliphatic rings. The van der Waals surface area contributed by atoms with Crippen molar-refractivity contribution in [2.45, 2.75) is 23.4 Å². The molecule has 0 aliphatic heterocycles. The number of benzene rings is 1. The van der Waals surface area contributed by atoms with Crippen LogP contribution in [0.2, 0.25) is 0 Å². The normalized spacial score (nSPS) is 11.3. The van der Waals surface area contributed by atoms with Crippen LogP contribution in [-0.2, 0) is 11.2 Å². The van der Waals surface area contributed by atoms with Gasteiger partial charge < -0.3 is 9.84 Å². The maximum atomic E-state index is 12.5. The van der Waals surface area contributed by atoms with Crippen LogP contribution in [0.4, 0.5) is 22.0 Å². The van der Waals surface area contributed by atoms with E-state index in [9.17, 15) is 26.7 Å². The van der Waals surface area contributed by atoms with Gasteiger partial charge in [-0.1, -0.05) is 6.07 Å². The fourth-order valence-electron chi connectivity index (χ4n) is 1.43. The molecule has 0 saturated heterocycles. The van der Waals surface area contributed by atoms with Crippen LogP contribution in [0, 0.1) is 11.3 Å². The van der Waals surface area contributed by atoms with Crippen LogP contribution in [-0.4, -0.2) is 23.2 Å². The molecule has 1 rings (SSSR count). The molecule has 21 heavy (non-hydrogen) atoms. The number of carbonyl (C=O) groups is 1. The Morgan fingerprint density at radius 3 is 2.48 bits per heavy atom. The largest absolute Gasteiger partial charge is 0.481 e. The van der Waals surface area contributed by atoms with Gasteiger partial charge in [0.05, 0.1) is 16.9 Å².